The largest absolute Gasteiger partial charge is 0.443 e. The molecule has 5 N–H and O–H groups in total. The number of aliphatic hydroxyl groups excluding tert-OH is 1. The number of nitrogens with one attached hydrogen (secondary N) is 4. The molecule has 4 aliphatic rings. The molecule has 0 aliphatic carbocycles. The lowest BCUT2D eigenvalue weighted by Gasteiger charge is -2.29. The SMILES string of the molecule is C.CC(=O)NC[C@@H](CCl)OC(=O)Nc1ccc(N2CCOCC2)c(F)c1.CC(=O)NC[C@H](O)CCl.CC(=O)NC[C@H]1CN(c2ccc(N3CCOCC3)c(F)c2)C(=O)O1.O=C=Nc1ccc(N2CCOCC2)c(F)c1. The Kier molecular flexibility index (Phi) is 28.1. The third-order valence-corrected chi connectivity index (χ3v) is 11.5. The number of benzene rings is 3. The maximum Gasteiger partial charge on any atom is 0.414 e. The Morgan fingerprint density at radius 1 is 0.720 bits per heavy atom. The molecule has 26 heteroatoms. The second-order valence-electron chi connectivity index (χ2n) is 16.5. The first kappa shape index (κ1) is 62.9. The van der Waals surface area contributed by atoms with E-state index in [2.05, 4.69) is 26.3 Å². The maximum absolute atomic E-state index is 14.4. The summed E-state index contributed by atoms with van der Waals surface area (Å²) in [5.41, 5.74) is 2.49. The summed E-state index contributed by atoms with van der Waals surface area (Å²) in [7, 11) is 0. The van der Waals surface area contributed by atoms with Gasteiger partial charge >= 0.3 is 12.2 Å². The molecule has 3 aromatic rings. The van der Waals surface area contributed by atoms with E-state index in [9.17, 15) is 41.9 Å². The number of halogens is 5. The molecule has 4 aliphatic heterocycles. The highest BCUT2D eigenvalue weighted by Gasteiger charge is 2.33. The summed E-state index contributed by atoms with van der Waals surface area (Å²) >= 11 is 10.9. The van der Waals surface area contributed by atoms with E-state index in [1.807, 2.05) is 14.7 Å². The van der Waals surface area contributed by atoms with Gasteiger partial charge in [-0.15, -0.1) is 23.2 Å². The highest BCUT2D eigenvalue weighted by Crippen LogP contribution is 2.29. The molecule has 4 heterocycles. The van der Waals surface area contributed by atoms with Gasteiger partial charge in [-0.05, 0) is 48.5 Å². The van der Waals surface area contributed by atoms with Gasteiger partial charge in [0.25, 0.3) is 0 Å². The molecule has 414 valence electrons. The molecule has 0 unspecified atom stereocenters. The van der Waals surface area contributed by atoms with Gasteiger partial charge < -0.3 is 59.4 Å². The summed E-state index contributed by atoms with van der Waals surface area (Å²) in [6, 6.07) is 13.6. The average molecular weight is 1100 g/mol. The summed E-state index contributed by atoms with van der Waals surface area (Å²) in [4.78, 5) is 76.3. The first-order valence-corrected chi connectivity index (χ1v) is 24.5. The molecule has 5 amide bonds. The Hall–Kier alpha value is -6.40. The Morgan fingerprint density at radius 2 is 1.20 bits per heavy atom. The fraction of sp³-hybridized carbons (Fsp3) is 0.510. The molecule has 0 saturated carbocycles. The van der Waals surface area contributed by atoms with Crippen LogP contribution in [0.4, 0.5) is 56.9 Å². The molecule has 4 fully saturated rings. The molecule has 0 aromatic heterocycles. The molecule has 3 atom stereocenters. The molecular formula is C49H66Cl2F3N9O12. The zero-order chi connectivity index (χ0) is 54.0. The van der Waals surface area contributed by atoms with E-state index in [1.165, 1.54) is 50.0 Å². The molecule has 4 saturated heterocycles. The fourth-order valence-corrected chi connectivity index (χ4v) is 7.43. The van der Waals surface area contributed by atoms with E-state index in [-0.39, 0.29) is 86.1 Å². The van der Waals surface area contributed by atoms with Crippen molar-refractivity contribution >= 4 is 93.3 Å². The zero-order valence-corrected chi connectivity index (χ0v) is 42.7. The molecule has 0 bridgehead atoms. The van der Waals surface area contributed by atoms with Crippen LogP contribution in [0.3, 0.4) is 0 Å². The third kappa shape index (κ3) is 22.2. The van der Waals surface area contributed by atoms with E-state index in [4.69, 9.17) is 52.0 Å². The van der Waals surface area contributed by atoms with Crippen molar-refractivity contribution in [2.24, 2.45) is 4.99 Å². The van der Waals surface area contributed by atoms with Crippen molar-refractivity contribution in [3.05, 3.63) is 72.0 Å². The first-order valence-electron chi connectivity index (χ1n) is 23.4. The number of hydrogen-bond acceptors (Lipinski definition) is 16. The van der Waals surface area contributed by atoms with Crippen LogP contribution in [0.5, 0.6) is 0 Å². The van der Waals surface area contributed by atoms with Crippen molar-refractivity contribution in [3.8, 4) is 0 Å². The monoisotopic (exact) mass is 1100 g/mol. The van der Waals surface area contributed by atoms with Gasteiger partial charge in [-0.25, -0.2) is 27.6 Å². The lowest BCUT2D eigenvalue weighted by molar-refractivity contribution is -0.120. The summed E-state index contributed by atoms with van der Waals surface area (Å²) in [6.45, 7) is 12.3. The van der Waals surface area contributed by atoms with Gasteiger partial charge in [0.15, 0.2) is 0 Å². The molecule has 0 spiro atoms. The number of hydrogen-bond donors (Lipinski definition) is 5. The lowest BCUT2D eigenvalue weighted by Crippen LogP contribution is -2.36. The standard InChI is InChI=1S/C16H21ClFN3O4.C16H20FN3O4.C11H11FN2O2.C5H10ClNO2.CH4/c1-11(22)19-10-13(9-17)25-16(23)20-12-2-3-15(14(18)8-12)21-4-6-24-7-5-21;1-11(21)18-9-13-10-20(16(22)24-13)12-2-3-15(14(17)8-12)19-4-6-23-7-5-19;12-10-7-9(13-8-15)1-2-11(10)14-3-5-16-6-4-14;1-4(8)7-3-5(9)2-6;/h2-3,8,13H,4-7,9-10H2,1H3,(H,19,22)(H,20,23);2-3,8,13H,4-7,9-10H2,1H3,(H,18,21);1-2,7H,3-6H2;5,9H,2-3H2,1H3,(H,7,8);1H4/t2*13-;;5-;/m10.1./s1. The van der Waals surface area contributed by atoms with Gasteiger partial charge in [-0.2, -0.15) is 4.99 Å². The number of aliphatic imine (C=N–C) groups is 1. The Labute approximate surface area is 443 Å². The van der Waals surface area contributed by atoms with E-state index in [0.717, 1.165) is 0 Å². The number of carbonyl (C=O) groups is 5. The molecule has 7 rings (SSSR count). The number of alkyl halides is 2. The van der Waals surface area contributed by atoms with Gasteiger partial charge in [0, 0.05) is 78.3 Å². The second-order valence-corrected chi connectivity index (χ2v) is 17.1. The normalized spacial score (nSPS) is 16.7. The number of nitrogens with zero attached hydrogens (tertiary/aromatic N) is 5. The summed E-state index contributed by atoms with van der Waals surface area (Å²) < 4.78 is 68.4. The van der Waals surface area contributed by atoms with Gasteiger partial charge in [-0.3, -0.25) is 24.6 Å². The third-order valence-electron chi connectivity index (χ3n) is 10.8. The van der Waals surface area contributed by atoms with E-state index >= 15 is 0 Å². The molecule has 75 heavy (non-hydrogen) atoms. The van der Waals surface area contributed by atoms with Gasteiger partial charge in [0.1, 0.15) is 29.7 Å². The van der Waals surface area contributed by atoms with E-state index in [0.29, 0.717) is 102 Å². The smallest absolute Gasteiger partial charge is 0.414 e. The molecule has 21 nitrogen and oxygen atoms in total. The highest BCUT2D eigenvalue weighted by molar-refractivity contribution is 6.18. The maximum atomic E-state index is 14.4. The summed E-state index contributed by atoms with van der Waals surface area (Å²) in [6.07, 6.45) is -1.67. The number of ether oxygens (including phenoxy) is 5. The number of aliphatic hydroxyl groups is 1. The molecule has 0 radical (unpaired) electrons. The predicted molar refractivity (Wildman–Crippen MR) is 278 cm³/mol. The predicted octanol–water partition coefficient (Wildman–Crippen LogP) is 5.07. The van der Waals surface area contributed by atoms with Gasteiger partial charge in [0.2, 0.25) is 23.8 Å². The van der Waals surface area contributed by atoms with Crippen molar-refractivity contribution < 1.29 is 70.7 Å². The van der Waals surface area contributed by atoms with Crippen molar-refractivity contribution in [2.75, 3.05) is 142 Å². The van der Waals surface area contributed by atoms with Crippen LogP contribution in [0.25, 0.3) is 0 Å². The van der Waals surface area contributed by atoms with E-state index < -0.39 is 36.3 Å². The first-order chi connectivity index (χ1) is 35.5. The van der Waals surface area contributed by atoms with E-state index in [1.54, 1.807) is 36.4 Å². The van der Waals surface area contributed by atoms with Crippen LogP contribution in [-0.4, -0.2) is 176 Å². The quantitative estimate of drug-likeness (QED) is 0.0759. The summed E-state index contributed by atoms with van der Waals surface area (Å²) in [5.74, 6) is -1.61. The topological polar surface area (TPSA) is 242 Å². The minimum Gasteiger partial charge on any atom is -0.443 e. The van der Waals surface area contributed by atoms with Crippen molar-refractivity contribution in [3.63, 3.8) is 0 Å². The van der Waals surface area contributed by atoms with Crippen molar-refractivity contribution in [1.29, 1.82) is 0 Å². The zero-order valence-electron chi connectivity index (χ0n) is 41.2. The molecular weight excluding hydrogens is 1030 g/mol. The number of morpholine rings is 3. The summed E-state index contributed by atoms with van der Waals surface area (Å²) in [5, 5.41) is 18.8. The average Bonchev–Trinajstić information content (AvgIpc) is 3.77. The number of amides is 5. The number of carbonyl (C=O) groups excluding carboxylic acids is 6. The van der Waals surface area contributed by atoms with Crippen LogP contribution < -0.4 is 40.9 Å². The van der Waals surface area contributed by atoms with Crippen LogP contribution in [0.1, 0.15) is 28.2 Å². The van der Waals surface area contributed by atoms with Crippen LogP contribution in [0.15, 0.2) is 59.6 Å². The fourth-order valence-electron chi connectivity index (χ4n) is 7.14. The number of cyclic esters (lactones) is 1. The Morgan fingerprint density at radius 3 is 1.65 bits per heavy atom. The van der Waals surface area contributed by atoms with Crippen LogP contribution >= 0.6 is 23.2 Å². The number of isocyanates is 1. The Balaban J connectivity index is 0.000000277. The van der Waals surface area contributed by atoms with Crippen LogP contribution in [-0.2, 0) is 42.9 Å². The highest BCUT2D eigenvalue weighted by atomic mass is 35.5. The Bertz CT molecular complexity index is 2360. The van der Waals surface area contributed by atoms with Gasteiger partial charge in [0.05, 0.1) is 106 Å². The van der Waals surface area contributed by atoms with Crippen molar-refractivity contribution in [2.45, 2.75) is 46.5 Å². The number of rotatable bonds is 15. The van der Waals surface area contributed by atoms with Crippen LogP contribution in [0, 0.1) is 17.5 Å². The number of anilines is 5. The van der Waals surface area contributed by atoms with Crippen molar-refractivity contribution in [1.82, 2.24) is 16.0 Å². The lowest BCUT2D eigenvalue weighted by atomic mass is 10.2. The van der Waals surface area contributed by atoms with Gasteiger partial charge in [-0.1, -0.05) is 7.43 Å². The minimum atomic E-state index is -0.769. The minimum absolute atomic E-state index is 0. The van der Waals surface area contributed by atoms with Crippen LogP contribution in [0.2, 0.25) is 0 Å². The molecule has 3 aromatic carbocycles. The second kappa shape index (κ2) is 33.5.